The molecule has 0 fully saturated rings. The van der Waals surface area contributed by atoms with Crippen LogP contribution in [-0.2, 0) is 6.42 Å². The number of aromatic nitrogens is 1. The zero-order valence-electron chi connectivity index (χ0n) is 11.0. The molecule has 0 bridgehead atoms. The first-order chi connectivity index (χ1) is 9.08. The Balaban J connectivity index is 2.12. The van der Waals surface area contributed by atoms with Crippen molar-refractivity contribution in [2.45, 2.75) is 12.5 Å². The summed E-state index contributed by atoms with van der Waals surface area (Å²) in [6, 6.07) is 9.88. The summed E-state index contributed by atoms with van der Waals surface area (Å²) < 4.78 is 0.930. The number of benzene rings is 1. The summed E-state index contributed by atoms with van der Waals surface area (Å²) in [5.41, 5.74) is 3.11. The maximum absolute atomic E-state index is 10.3. The number of pyridine rings is 1. The molecule has 4 heteroatoms. The van der Waals surface area contributed by atoms with Crippen molar-refractivity contribution in [1.29, 1.82) is 0 Å². The van der Waals surface area contributed by atoms with Gasteiger partial charge in [-0.2, -0.15) is 0 Å². The minimum Gasteiger partial charge on any atom is -0.388 e. The third-order valence-corrected chi connectivity index (χ3v) is 3.78. The SMILES string of the molecule is CN(C)c1ccc(C(O)Cc2ccncc2Br)cc1. The van der Waals surface area contributed by atoms with Crippen molar-refractivity contribution in [2.24, 2.45) is 0 Å². The van der Waals surface area contributed by atoms with Gasteiger partial charge in [-0.1, -0.05) is 12.1 Å². The second-order valence-electron chi connectivity index (χ2n) is 4.67. The van der Waals surface area contributed by atoms with E-state index in [1.807, 2.05) is 49.3 Å². The first-order valence-corrected chi connectivity index (χ1v) is 6.91. The highest BCUT2D eigenvalue weighted by Crippen LogP contribution is 2.24. The highest BCUT2D eigenvalue weighted by atomic mass is 79.9. The van der Waals surface area contributed by atoms with Gasteiger partial charge in [0.25, 0.3) is 0 Å². The molecule has 0 radical (unpaired) electrons. The molecule has 3 nitrogen and oxygen atoms in total. The van der Waals surface area contributed by atoms with Crippen LogP contribution in [0.3, 0.4) is 0 Å². The lowest BCUT2D eigenvalue weighted by molar-refractivity contribution is 0.178. The normalized spacial score (nSPS) is 12.2. The number of anilines is 1. The van der Waals surface area contributed by atoms with Crippen molar-refractivity contribution < 1.29 is 5.11 Å². The molecule has 0 amide bonds. The molecule has 0 saturated heterocycles. The van der Waals surface area contributed by atoms with Gasteiger partial charge in [-0.25, -0.2) is 0 Å². The van der Waals surface area contributed by atoms with Gasteiger partial charge < -0.3 is 10.0 Å². The van der Waals surface area contributed by atoms with Crippen LogP contribution in [0.4, 0.5) is 5.69 Å². The summed E-state index contributed by atoms with van der Waals surface area (Å²) >= 11 is 3.45. The third-order valence-electron chi connectivity index (χ3n) is 3.06. The Kier molecular flexibility index (Phi) is 4.56. The second kappa shape index (κ2) is 6.17. The molecule has 0 saturated carbocycles. The fourth-order valence-electron chi connectivity index (χ4n) is 1.89. The maximum Gasteiger partial charge on any atom is 0.0830 e. The van der Waals surface area contributed by atoms with Gasteiger partial charge in [0.15, 0.2) is 0 Å². The summed E-state index contributed by atoms with van der Waals surface area (Å²) in [4.78, 5) is 6.06. The predicted molar refractivity (Wildman–Crippen MR) is 81.4 cm³/mol. The Morgan fingerprint density at radius 3 is 2.47 bits per heavy atom. The lowest BCUT2D eigenvalue weighted by Crippen LogP contribution is -2.09. The predicted octanol–water partition coefficient (Wildman–Crippen LogP) is 3.19. The lowest BCUT2D eigenvalue weighted by atomic mass is 10.0. The molecule has 1 aromatic heterocycles. The fraction of sp³-hybridized carbons (Fsp3) is 0.267. The number of aliphatic hydroxyl groups is 1. The van der Waals surface area contributed by atoms with Crippen molar-refractivity contribution in [3.63, 3.8) is 0 Å². The third kappa shape index (κ3) is 3.55. The lowest BCUT2D eigenvalue weighted by Gasteiger charge is -2.15. The highest BCUT2D eigenvalue weighted by Gasteiger charge is 2.10. The first-order valence-electron chi connectivity index (χ1n) is 6.11. The summed E-state index contributed by atoms with van der Waals surface area (Å²) in [6.07, 6.45) is 3.55. The van der Waals surface area contributed by atoms with Gasteiger partial charge in [0.05, 0.1) is 6.10 Å². The van der Waals surface area contributed by atoms with E-state index in [-0.39, 0.29) is 0 Å². The van der Waals surface area contributed by atoms with Gasteiger partial charge in [-0.05, 0) is 45.3 Å². The van der Waals surface area contributed by atoms with E-state index >= 15 is 0 Å². The van der Waals surface area contributed by atoms with Crippen LogP contribution in [-0.4, -0.2) is 24.2 Å². The zero-order valence-corrected chi connectivity index (χ0v) is 12.6. The topological polar surface area (TPSA) is 36.4 Å². The van der Waals surface area contributed by atoms with Gasteiger partial charge in [-0.15, -0.1) is 0 Å². The molecule has 1 aromatic carbocycles. The fourth-order valence-corrected chi connectivity index (χ4v) is 2.30. The average molecular weight is 321 g/mol. The van der Waals surface area contributed by atoms with Crippen molar-refractivity contribution >= 4 is 21.6 Å². The van der Waals surface area contributed by atoms with Crippen LogP contribution >= 0.6 is 15.9 Å². The smallest absolute Gasteiger partial charge is 0.0830 e. The van der Waals surface area contributed by atoms with Crippen molar-refractivity contribution in [1.82, 2.24) is 4.98 Å². The number of rotatable bonds is 4. The van der Waals surface area contributed by atoms with Crippen LogP contribution in [0.1, 0.15) is 17.2 Å². The highest BCUT2D eigenvalue weighted by molar-refractivity contribution is 9.10. The van der Waals surface area contributed by atoms with Crippen LogP contribution in [0.25, 0.3) is 0 Å². The Morgan fingerprint density at radius 1 is 1.21 bits per heavy atom. The van der Waals surface area contributed by atoms with Gasteiger partial charge in [0, 0.05) is 43.1 Å². The Morgan fingerprint density at radius 2 is 1.89 bits per heavy atom. The number of hydrogen-bond acceptors (Lipinski definition) is 3. The van der Waals surface area contributed by atoms with Crippen LogP contribution in [0.15, 0.2) is 47.2 Å². The summed E-state index contributed by atoms with van der Waals surface area (Å²) in [7, 11) is 4.00. The van der Waals surface area contributed by atoms with Gasteiger partial charge in [0.1, 0.15) is 0 Å². The van der Waals surface area contributed by atoms with Crippen molar-refractivity contribution in [3.8, 4) is 0 Å². The first kappa shape index (κ1) is 14.0. The molecule has 19 heavy (non-hydrogen) atoms. The number of aliphatic hydroxyl groups excluding tert-OH is 1. The van der Waals surface area contributed by atoms with Crippen LogP contribution in [0.5, 0.6) is 0 Å². The number of nitrogens with zero attached hydrogens (tertiary/aromatic N) is 2. The molecule has 1 heterocycles. The molecule has 1 unspecified atom stereocenters. The average Bonchev–Trinajstić information content (AvgIpc) is 2.41. The molecule has 0 aliphatic rings. The van der Waals surface area contributed by atoms with Crippen LogP contribution in [0.2, 0.25) is 0 Å². The summed E-state index contributed by atoms with van der Waals surface area (Å²) in [6.45, 7) is 0. The van der Waals surface area contributed by atoms with E-state index in [1.54, 1.807) is 12.4 Å². The standard InChI is InChI=1S/C15H17BrN2O/c1-18(2)13-5-3-11(4-6-13)15(19)9-12-7-8-17-10-14(12)16/h3-8,10,15,19H,9H2,1-2H3. The second-order valence-corrected chi connectivity index (χ2v) is 5.53. The van der Waals surface area contributed by atoms with Gasteiger partial charge in [-0.3, -0.25) is 4.98 Å². The quantitative estimate of drug-likeness (QED) is 0.939. The van der Waals surface area contributed by atoms with E-state index < -0.39 is 6.10 Å². The molecule has 1 atom stereocenters. The monoisotopic (exact) mass is 320 g/mol. The summed E-state index contributed by atoms with van der Waals surface area (Å²) in [5.74, 6) is 0. The zero-order chi connectivity index (χ0) is 13.8. The van der Waals surface area contributed by atoms with E-state index in [9.17, 15) is 5.11 Å². The van der Waals surface area contributed by atoms with Gasteiger partial charge >= 0.3 is 0 Å². The van der Waals surface area contributed by atoms with E-state index in [4.69, 9.17) is 0 Å². The number of hydrogen-bond donors (Lipinski definition) is 1. The minimum atomic E-state index is -0.505. The Bertz CT molecular complexity index is 540. The molecule has 1 N–H and O–H groups in total. The number of halogens is 1. The molecule has 0 aliphatic heterocycles. The van der Waals surface area contributed by atoms with Crippen LogP contribution < -0.4 is 4.90 Å². The van der Waals surface area contributed by atoms with Crippen LogP contribution in [0, 0.1) is 0 Å². The molecule has 2 aromatic rings. The largest absolute Gasteiger partial charge is 0.388 e. The minimum absolute atomic E-state index is 0.505. The van der Waals surface area contributed by atoms with E-state index in [0.29, 0.717) is 6.42 Å². The molecular formula is C15H17BrN2O. The molecule has 100 valence electrons. The Hall–Kier alpha value is -1.39. The Labute approximate surface area is 122 Å². The maximum atomic E-state index is 10.3. The van der Waals surface area contributed by atoms with Crippen molar-refractivity contribution in [2.75, 3.05) is 19.0 Å². The summed E-state index contributed by atoms with van der Waals surface area (Å²) in [5, 5.41) is 10.3. The van der Waals surface area contributed by atoms with Gasteiger partial charge in [0.2, 0.25) is 0 Å². The van der Waals surface area contributed by atoms with Crippen molar-refractivity contribution in [3.05, 3.63) is 58.3 Å². The molecule has 0 aliphatic carbocycles. The molecular weight excluding hydrogens is 304 g/mol. The van der Waals surface area contributed by atoms with E-state index in [2.05, 4.69) is 20.9 Å². The molecule has 2 rings (SSSR count). The van der Waals surface area contributed by atoms with E-state index in [0.717, 1.165) is 21.3 Å². The molecule has 0 spiro atoms. The van der Waals surface area contributed by atoms with E-state index in [1.165, 1.54) is 0 Å².